The number of nitrogens with zero attached hydrogens (tertiary/aromatic N) is 1. The zero-order valence-electron chi connectivity index (χ0n) is 9.07. The molecule has 0 N–H and O–H groups in total. The first-order valence-corrected chi connectivity index (χ1v) is 5.94. The normalized spacial score (nSPS) is 36.2. The molecule has 0 spiro atoms. The van der Waals surface area contributed by atoms with E-state index in [2.05, 4.69) is 6.07 Å². The Morgan fingerprint density at radius 2 is 1.81 bits per heavy atom. The van der Waals surface area contributed by atoms with Crippen LogP contribution in [0.25, 0.3) is 0 Å². The quantitative estimate of drug-likeness (QED) is 0.703. The first-order chi connectivity index (χ1) is 7.79. The zero-order valence-corrected chi connectivity index (χ0v) is 9.07. The van der Waals surface area contributed by atoms with Gasteiger partial charge in [0.2, 0.25) is 0 Å². The summed E-state index contributed by atoms with van der Waals surface area (Å²) in [5, 5.41) is 9.25. The first-order valence-electron chi connectivity index (χ1n) is 5.94. The average molecular weight is 215 g/mol. The molecule has 0 heterocycles. The molecule has 3 rings (SSSR count). The predicted octanol–water partition coefficient (Wildman–Crippen LogP) is 3.48. The topological polar surface area (TPSA) is 23.8 Å². The van der Waals surface area contributed by atoms with E-state index in [0.29, 0.717) is 17.8 Å². The van der Waals surface area contributed by atoms with E-state index in [1.165, 1.54) is 31.4 Å². The zero-order chi connectivity index (χ0) is 11.1. The van der Waals surface area contributed by atoms with Gasteiger partial charge in [-0.15, -0.1) is 0 Å². The maximum atomic E-state index is 12.9. The van der Waals surface area contributed by atoms with Crippen LogP contribution in [0.15, 0.2) is 24.3 Å². The smallest absolute Gasteiger partial charge is 0.123 e. The summed E-state index contributed by atoms with van der Waals surface area (Å²) < 4.78 is 12.9. The van der Waals surface area contributed by atoms with Crippen LogP contribution in [0.2, 0.25) is 0 Å². The minimum absolute atomic E-state index is 0.157. The molecule has 2 heteroatoms. The highest BCUT2D eigenvalue weighted by Gasteiger charge is 2.48. The third kappa shape index (κ3) is 1.35. The Bertz CT molecular complexity index is 431. The average Bonchev–Trinajstić information content (AvgIpc) is 2.89. The molecule has 0 saturated heterocycles. The number of nitriles is 1. The Labute approximate surface area is 94.9 Å². The van der Waals surface area contributed by atoms with Crippen molar-refractivity contribution >= 4 is 0 Å². The van der Waals surface area contributed by atoms with Gasteiger partial charge in [0.15, 0.2) is 0 Å². The minimum atomic E-state index is -0.194. The van der Waals surface area contributed by atoms with Crippen molar-refractivity contribution in [1.82, 2.24) is 0 Å². The van der Waals surface area contributed by atoms with Crippen molar-refractivity contribution < 1.29 is 4.39 Å². The summed E-state index contributed by atoms with van der Waals surface area (Å²) in [5.41, 5.74) is 1.15. The second kappa shape index (κ2) is 3.59. The summed E-state index contributed by atoms with van der Waals surface area (Å²) in [6.07, 6.45) is 3.64. The SMILES string of the molecule is N#C[C@@H]1[C@H]2CC[C@H](C2)[C@@H]1c1ccc(F)cc1. The van der Waals surface area contributed by atoms with Crippen LogP contribution in [0, 0.1) is 34.9 Å². The lowest BCUT2D eigenvalue weighted by molar-refractivity contribution is 0.349. The number of hydrogen-bond acceptors (Lipinski definition) is 1. The van der Waals surface area contributed by atoms with E-state index in [-0.39, 0.29) is 11.7 Å². The molecule has 82 valence electrons. The van der Waals surface area contributed by atoms with Gasteiger partial charge in [0.25, 0.3) is 0 Å². The van der Waals surface area contributed by atoms with Crippen molar-refractivity contribution in [2.45, 2.75) is 25.2 Å². The Kier molecular flexibility index (Phi) is 2.21. The summed E-state index contributed by atoms with van der Waals surface area (Å²) >= 11 is 0. The number of rotatable bonds is 1. The molecule has 2 fully saturated rings. The number of benzene rings is 1. The van der Waals surface area contributed by atoms with E-state index >= 15 is 0 Å². The van der Waals surface area contributed by atoms with Crippen LogP contribution in [-0.2, 0) is 0 Å². The van der Waals surface area contributed by atoms with E-state index < -0.39 is 0 Å². The Hall–Kier alpha value is -1.36. The Morgan fingerprint density at radius 3 is 2.50 bits per heavy atom. The van der Waals surface area contributed by atoms with Crippen LogP contribution in [0.4, 0.5) is 4.39 Å². The molecule has 16 heavy (non-hydrogen) atoms. The lowest BCUT2D eigenvalue weighted by atomic mass is 9.76. The number of halogens is 1. The lowest BCUT2D eigenvalue weighted by Gasteiger charge is -2.26. The summed E-state index contributed by atoms with van der Waals surface area (Å²) in [5.74, 6) is 1.55. The highest BCUT2D eigenvalue weighted by molar-refractivity contribution is 5.27. The van der Waals surface area contributed by atoms with Crippen molar-refractivity contribution in [2.24, 2.45) is 17.8 Å². The monoisotopic (exact) mass is 215 g/mol. The van der Waals surface area contributed by atoms with Crippen LogP contribution in [0.5, 0.6) is 0 Å². The fourth-order valence-corrected chi connectivity index (χ4v) is 3.64. The van der Waals surface area contributed by atoms with E-state index in [4.69, 9.17) is 0 Å². The molecule has 4 atom stereocenters. The fraction of sp³-hybridized carbons (Fsp3) is 0.500. The fourth-order valence-electron chi connectivity index (χ4n) is 3.64. The van der Waals surface area contributed by atoms with E-state index in [1.807, 2.05) is 12.1 Å². The van der Waals surface area contributed by atoms with Crippen molar-refractivity contribution in [3.63, 3.8) is 0 Å². The van der Waals surface area contributed by atoms with Crippen molar-refractivity contribution in [2.75, 3.05) is 0 Å². The molecule has 1 aromatic rings. The summed E-state index contributed by atoms with van der Waals surface area (Å²) in [7, 11) is 0. The van der Waals surface area contributed by atoms with Crippen LogP contribution in [-0.4, -0.2) is 0 Å². The van der Waals surface area contributed by atoms with Gasteiger partial charge in [-0.2, -0.15) is 5.26 Å². The third-order valence-corrected chi connectivity index (χ3v) is 4.32. The van der Waals surface area contributed by atoms with Gasteiger partial charge in [0.05, 0.1) is 12.0 Å². The maximum Gasteiger partial charge on any atom is 0.123 e. The molecule has 0 amide bonds. The summed E-state index contributed by atoms with van der Waals surface area (Å²) in [6.45, 7) is 0. The second-order valence-electron chi connectivity index (χ2n) is 5.07. The molecule has 2 aliphatic carbocycles. The van der Waals surface area contributed by atoms with Crippen molar-refractivity contribution in [3.05, 3.63) is 35.6 Å². The highest BCUT2D eigenvalue weighted by atomic mass is 19.1. The van der Waals surface area contributed by atoms with Gasteiger partial charge in [-0.3, -0.25) is 0 Å². The summed E-state index contributed by atoms with van der Waals surface area (Å²) in [6, 6.07) is 9.19. The molecular formula is C14H14FN. The lowest BCUT2D eigenvalue weighted by Crippen LogP contribution is -2.19. The van der Waals surface area contributed by atoms with E-state index in [9.17, 15) is 9.65 Å². The van der Waals surface area contributed by atoms with Gasteiger partial charge in [-0.25, -0.2) is 4.39 Å². The van der Waals surface area contributed by atoms with Gasteiger partial charge in [-0.1, -0.05) is 12.1 Å². The van der Waals surface area contributed by atoms with Gasteiger partial charge < -0.3 is 0 Å². The van der Waals surface area contributed by atoms with Crippen LogP contribution < -0.4 is 0 Å². The Balaban J connectivity index is 1.95. The van der Waals surface area contributed by atoms with Crippen LogP contribution in [0.3, 0.4) is 0 Å². The molecule has 2 saturated carbocycles. The molecule has 2 bridgehead atoms. The number of fused-ring (bicyclic) bond motifs is 2. The highest BCUT2D eigenvalue weighted by Crippen LogP contribution is 2.56. The van der Waals surface area contributed by atoms with Gasteiger partial charge >= 0.3 is 0 Å². The minimum Gasteiger partial charge on any atom is -0.207 e. The Morgan fingerprint density at radius 1 is 1.12 bits per heavy atom. The molecule has 1 nitrogen and oxygen atoms in total. The molecule has 0 radical (unpaired) electrons. The molecule has 0 unspecified atom stereocenters. The van der Waals surface area contributed by atoms with Crippen molar-refractivity contribution in [1.29, 1.82) is 5.26 Å². The van der Waals surface area contributed by atoms with Crippen LogP contribution in [0.1, 0.15) is 30.7 Å². The van der Waals surface area contributed by atoms with Crippen molar-refractivity contribution in [3.8, 4) is 6.07 Å². The first kappa shape index (κ1) is 9.84. The predicted molar refractivity (Wildman–Crippen MR) is 59.1 cm³/mol. The summed E-state index contributed by atoms with van der Waals surface area (Å²) in [4.78, 5) is 0. The molecular weight excluding hydrogens is 201 g/mol. The number of hydrogen-bond donors (Lipinski definition) is 0. The third-order valence-electron chi connectivity index (χ3n) is 4.32. The van der Waals surface area contributed by atoms with Gasteiger partial charge in [-0.05, 0) is 48.8 Å². The maximum absolute atomic E-state index is 12.9. The van der Waals surface area contributed by atoms with Gasteiger partial charge in [0.1, 0.15) is 5.82 Å². The molecule has 2 aliphatic rings. The van der Waals surface area contributed by atoms with Crippen LogP contribution >= 0.6 is 0 Å². The van der Waals surface area contributed by atoms with Gasteiger partial charge in [0, 0.05) is 5.92 Å². The molecule has 0 aliphatic heterocycles. The molecule has 0 aromatic heterocycles. The second-order valence-corrected chi connectivity index (χ2v) is 5.07. The van der Waals surface area contributed by atoms with E-state index in [1.54, 1.807) is 0 Å². The van der Waals surface area contributed by atoms with E-state index in [0.717, 1.165) is 5.56 Å². The molecule has 1 aromatic carbocycles. The largest absolute Gasteiger partial charge is 0.207 e. The standard InChI is InChI=1S/C14H14FN/c15-12-5-3-9(4-6-12)14-11-2-1-10(7-11)13(14)8-16/h3-6,10-11,13-14H,1-2,7H2/t10-,11+,13+,14-/m0/s1.